The first kappa shape index (κ1) is 22.9. The predicted octanol–water partition coefficient (Wildman–Crippen LogP) is 5.10. The van der Waals surface area contributed by atoms with Crippen molar-refractivity contribution in [1.82, 2.24) is 5.32 Å². The van der Waals surface area contributed by atoms with Crippen LogP contribution in [0.4, 0.5) is 11.4 Å². The van der Waals surface area contributed by atoms with Gasteiger partial charge in [0, 0.05) is 45.5 Å². The number of aliphatic hydroxyl groups is 1. The molecule has 4 unspecified atom stereocenters. The SMILES string of the molecule is CC(NC1c2c(I)ccc3c2C(CC1O)CN3C(=O)c1ccccc1)c1ccc([N+](=O)[O-])cc1. The zero-order valence-electron chi connectivity index (χ0n) is 18.5. The van der Waals surface area contributed by atoms with Gasteiger partial charge in [0.1, 0.15) is 0 Å². The van der Waals surface area contributed by atoms with Gasteiger partial charge in [-0.05, 0) is 76.9 Å². The Bertz CT molecular complexity index is 1250. The van der Waals surface area contributed by atoms with Gasteiger partial charge in [0.05, 0.1) is 17.1 Å². The molecule has 0 bridgehead atoms. The molecule has 174 valence electrons. The number of non-ortho nitro benzene ring substituents is 1. The normalized spacial score (nSPS) is 21.7. The van der Waals surface area contributed by atoms with Gasteiger partial charge in [0.25, 0.3) is 11.6 Å². The lowest BCUT2D eigenvalue weighted by atomic mass is 9.79. The summed E-state index contributed by atoms with van der Waals surface area (Å²) in [4.78, 5) is 25.7. The molecule has 3 aromatic rings. The molecule has 0 spiro atoms. The van der Waals surface area contributed by atoms with E-state index in [1.54, 1.807) is 12.1 Å². The molecule has 0 radical (unpaired) electrons. The van der Waals surface area contributed by atoms with Crippen molar-refractivity contribution in [3.05, 3.63) is 103 Å². The minimum Gasteiger partial charge on any atom is -0.391 e. The van der Waals surface area contributed by atoms with Crippen LogP contribution in [0.3, 0.4) is 0 Å². The molecule has 4 atom stereocenters. The van der Waals surface area contributed by atoms with E-state index in [9.17, 15) is 20.0 Å². The van der Waals surface area contributed by atoms with E-state index < -0.39 is 11.0 Å². The summed E-state index contributed by atoms with van der Waals surface area (Å²) in [6.07, 6.45) is -0.0583. The Kier molecular flexibility index (Phi) is 6.13. The number of halogens is 1. The number of nitrogens with zero attached hydrogens (tertiary/aromatic N) is 2. The standard InChI is InChI=1S/C26H24IN3O4/c1-15(16-7-9-19(10-8-16)30(33)34)28-25-22(31)13-18-14-29(26(32)17-5-3-2-4-6-17)21-12-11-20(27)24(25)23(18)21/h2-12,15,18,22,25,28,31H,13-14H2,1H3. The molecule has 0 saturated heterocycles. The van der Waals surface area contributed by atoms with E-state index in [0.29, 0.717) is 18.5 Å². The van der Waals surface area contributed by atoms with Gasteiger partial charge in [-0.25, -0.2) is 0 Å². The van der Waals surface area contributed by atoms with Crippen LogP contribution in [0.15, 0.2) is 66.7 Å². The molecular formula is C26H24IN3O4. The molecule has 2 aliphatic rings. The Morgan fingerprint density at radius 3 is 2.50 bits per heavy atom. The third-order valence-corrected chi connectivity index (χ3v) is 7.77. The number of hydrogen-bond acceptors (Lipinski definition) is 5. The zero-order chi connectivity index (χ0) is 24.0. The summed E-state index contributed by atoms with van der Waals surface area (Å²) in [5.41, 5.74) is 4.69. The monoisotopic (exact) mass is 569 g/mol. The van der Waals surface area contributed by atoms with E-state index in [4.69, 9.17) is 0 Å². The first-order valence-electron chi connectivity index (χ1n) is 11.2. The summed E-state index contributed by atoms with van der Waals surface area (Å²) < 4.78 is 1.04. The number of hydrogen-bond donors (Lipinski definition) is 2. The Balaban J connectivity index is 1.47. The van der Waals surface area contributed by atoms with E-state index in [0.717, 1.165) is 25.9 Å². The molecule has 1 heterocycles. The smallest absolute Gasteiger partial charge is 0.269 e. The van der Waals surface area contributed by atoms with Crippen molar-refractivity contribution < 1.29 is 14.8 Å². The van der Waals surface area contributed by atoms with E-state index in [2.05, 4.69) is 27.9 Å². The van der Waals surface area contributed by atoms with Gasteiger partial charge in [-0.2, -0.15) is 0 Å². The molecule has 2 N–H and O–H groups in total. The Morgan fingerprint density at radius 2 is 1.82 bits per heavy atom. The second-order valence-corrected chi connectivity index (χ2v) is 10.1. The number of nitro groups is 1. The van der Waals surface area contributed by atoms with Gasteiger partial charge in [0.2, 0.25) is 0 Å². The topological polar surface area (TPSA) is 95.7 Å². The Morgan fingerprint density at radius 1 is 1.12 bits per heavy atom. The van der Waals surface area contributed by atoms with Gasteiger partial charge in [0.15, 0.2) is 0 Å². The molecular weight excluding hydrogens is 545 g/mol. The van der Waals surface area contributed by atoms with Crippen LogP contribution >= 0.6 is 22.6 Å². The molecule has 34 heavy (non-hydrogen) atoms. The van der Waals surface area contributed by atoms with Crippen molar-refractivity contribution in [3.8, 4) is 0 Å². The number of carbonyl (C=O) groups excluding carboxylic acids is 1. The summed E-state index contributed by atoms with van der Waals surface area (Å²) in [5.74, 6) is 0.0479. The fourth-order valence-electron chi connectivity index (χ4n) is 5.17. The number of rotatable bonds is 5. The van der Waals surface area contributed by atoms with Crippen molar-refractivity contribution in [3.63, 3.8) is 0 Å². The number of benzene rings is 3. The molecule has 1 amide bonds. The highest BCUT2D eigenvalue weighted by Gasteiger charge is 2.43. The third-order valence-electron chi connectivity index (χ3n) is 6.83. The lowest BCUT2D eigenvalue weighted by Gasteiger charge is -2.36. The van der Waals surface area contributed by atoms with Crippen LogP contribution in [0, 0.1) is 13.7 Å². The second kappa shape index (κ2) is 9.09. The maximum atomic E-state index is 13.3. The van der Waals surface area contributed by atoms with Gasteiger partial charge < -0.3 is 15.3 Å². The van der Waals surface area contributed by atoms with Crippen LogP contribution in [0.1, 0.15) is 58.4 Å². The minimum absolute atomic E-state index is 0.0309. The van der Waals surface area contributed by atoms with Crippen LogP contribution < -0.4 is 10.2 Å². The largest absolute Gasteiger partial charge is 0.391 e. The molecule has 7 nitrogen and oxygen atoms in total. The second-order valence-electron chi connectivity index (χ2n) is 8.89. The lowest BCUT2D eigenvalue weighted by molar-refractivity contribution is -0.384. The quantitative estimate of drug-likeness (QED) is 0.253. The Hall–Kier alpha value is -2.82. The zero-order valence-corrected chi connectivity index (χ0v) is 20.7. The van der Waals surface area contributed by atoms with Crippen molar-refractivity contribution in [2.45, 2.75) is 37.5 Å². The van der Waals surface area contributed by atoms with Crippen LogP contribution in [0.5, 0.6) is 0 Å². The lowest BCUT2D eigenvalue weighted by Crippen LogP contribution is -2.39. The fourth-order valence-corrected chi connectivity index (χ4v) is 5.98. The highest BCUT2D eigenvalue weighted by atomic mass is 127. The van der Waals surface area contributed by atoms with Crippen LogP contribution in [0.25, 0.3) is 0 Å². The maximum Gasteiger partial charge on any atom is 0.269 e. The molecule has 1 aliphatic carbocycles. The summed E-state index contributed by atoms with van der Waals surface area (Å²) in [6.45, 7) is 2.54. The third kappa shape index (κ3) is 3.99. The number of nitro benzene ring substituents is 1. The number of anilines is 1. The highest BCUT2D eigenvalue weighted by molar-refractivity contribution is 14.1. The van der Waals surface area contributed by atoms with Crippen LogP contribution in [0.2, 0.25) is 0 Å². The van der Waals surface area contributed by atoms with Crippen molar-refractivity contribution >= 4 is 39.9 Å². The number of carbonyl (C=O) groups is 1. The Labute approximate surface area is 211 Å². The predicted molar refractivity (Wildman–Crippen MR) is 138 cm³/mol. The van der Waals surface area contributed by atoms with Crippen LogP contribution in [-0.2, 0) is 0 Å². The molecule has 0 fully saturated rings. The molecule has 0 saturated carbocycles. The molecule has 0 aromatic heterocycles. The first-order chi connectivity index (χ1) is 16.3. The highest BCUT2D eigenvalue weighted by Crippen LogP contribution is 2.50. The fraction of sp³-hybridized carbons (Fsp3) is 0.269. The van der Waals surface area contributed by atoms with Gasteiger partial charge in [-0.15, -0.1) is 0 Å². The molecule has 8 heteroatoms. The van der Waals surface area contributed by atoms with Gasteiger partial charge in [-0.3, -0.25) is 14.9 Å². The van der Waals surface area contributed by atoms with Crippen LogP contribution in [-0.4, -0.2) is 28.6 Å². The first-order valence-corrected chi connectivity index (χ1v) is 12.3. The minimum atomic E-state index is -0.617. The molecule has 5 rings (SSSR count). The van der Waals surface area contributed by atoms with E-state index >= 15 is 0 Å². The van der Waals surface area contributed by atoms with E-state index in [1.807, 2.05) is 54.3 Å². The maximum absolute atomic E-state index is 13.3. The number of nitrogens with one attached hydrogen (secondary N) is 1. The summed E-state index contributed by atoms with van der Waals surface area (Å²) in [6, 6.07) is 19.3. The van der Waals surface area contributed by atoms with E-state index in [1.165, 1.54) is 12.1 Å². The van der Waals surface area contributed by atoms with Gasteiger partial charge >= 0.3 is 0 Å². The van der Waals surface area contributed by atoms with Crippen molar-refractivity contribution in [2.75, 3.05) is 11.4 Å². The average Bonchev–Trinajstić information content (AvgIpc) is 3.21. The number of aliphatic hydroxyl groups excluding tert-OH is 1. The number of amides is 1. The summed E-state index contributed by atoms with van der Waals surface area (Å²) >= 11 is 2.30. The summed E-state index contributed by atoms with van der Waals surface area (Å²) in [7, 11) is 0. The molecule has 1 aliphatic heterocycles. The van der Waals surface area contributed by atoms with E-state index in [-0.39, 0.29) is 29.6 Å². The average molecular weight is 569 g/mol. The van der Waals surface area contributed by atoms with Crippen molar-refractivity contribution in [2.24, 2.45) is 0 Å². The summed E-state index contributed by atoms with van der Waals surface area (Å²) in [5, 5.41) is 25.7. The molecule has 3 aromatic carbocycles. The van der Waals surface area contributed by atoms with Gasteiger partial charge in [-0.1, -0.05) is 30.3 Å². The van der Waals surface area contributed by atoms with Crippen molar-refractivity contribution in [1.29, 1.82) is 0 Å².